The van der Waals surface area contributed by atoms with Crippen LogP contribution in [-0.4, -0.2) is 46.7 Å². The molecule has 1 heterocycles. The van der Waals surface area contributed by atoms with Crippen molar-refractivity contribution >= 4 is 18.6 Å². The third kappa shape index (κ3) is 3.39. The number of amides is 1. The molecule has 2 aliphatic rings. The minimum atomic E-state index is -0.612. The number of carbonyl (C=O) groups is 2. The van der Waals surface area contributed by atoms with Crippen molar-refractivity contribution in [1.29, 1.82) is 0 Å². The van der Waals surface area contributed by atoms with Gasteiger partial charge in [-0.05, 0) is 40.3 Å². The largest absolute Gasteiger partial charge is 0.444 e. The summed E-state index contributed by atoms with van der Waals surface area (Å²) in [6.07, 6.45) is 3.85. The van der Waals surface area contributed by atoms with Gasteiger partial charge in [-0.3, -0.25) is 14.7 Å². The molecule has 0 bridgehead atoms. The van der Waals surface area contributed by atoms with Crippen molar-refractivity contribution in [2.45, 2.75) is 76.1 Å². The molecule has 0 N–H and O–H groups in total. The third-order valence-electron chi connectivity index (χ3n) is 5.46. The van der Waals surface area contributed by atoms with Crippen molar-refractivity contribution in [2.24, 2.45) is 4.99 Å². The summed E-state index contributed by atoms with van der Waals surface area (Å²) in [6, 6.07) is 8.48. The van der Waals surface area contributed by atoms with Crippen molar-refractivity contribution in [3.05, 3.63) is 35.9 Å². The Labute approximate surface area is 155 Å². The van der Waals surface area contributed by atoms with Crippen molar-refractivity contribution in [3.8, 4) is 0 Å². The molecule has 26 heavy (non-hydrogen) atoms. The number of hydrogen-bond donors (Lipinski definition) is 0. The monoisotopic (exact) mass is 356 g/mol. The molecule has 1 aromatic rings. The summed E-state index contributed by atoms with van der Waals surface area (Å²) >= 11 is 0. The van der Waals surface area contributed by atoms with E-state index in [1.165, 1.54) is 0 Å². The van der Waals surface area contributed by atoms with Crippen LogP contribution >= 0.6 is 0 Å². The van der Waals surface area contributed by atoms with Gasteiger partial charge in [0.2, 0.25) is 0 Å². The van der Waals surface area contributed by atoms with Gasteiger partial charge in [-0.15, -0.1) is 0 Å². The molecular weight excluding hydrogens is 328 g/mol. The number of carbonyl (C=O) groups excluding carboxylic acids is 2. The zero-order valence-electron chi connectivity index (χ0n) is 15.9. The van der Waals surface area contributed by atoms with Gasteiger partial charge in [-0.2, -0.15) is 0 Å². The molecule has 5 nitrogen and oxygen atoms in total. The van der Waals surface area contributed by atoms with Crippen LogP contribution in [0.25, 0.3) is 0 Å². The van der Waals surface area contributed by atoms with E-state index in [1.54, 1.807) is 17.0 Å². The van der Waals surface area contributed by atoms with Crippen molar-refractivity contribution < 1.29 is 14.3 Å². The van der Waals surface area contributed by atoms with Crippen LogP contribution in [0.4, 0.5) is 4.79 Å². The smallest absolute Gasteiger partial charge is 0.411 e. The fourth-order valence-corrected chi connectivity index (χ4v) is 4.32. The average molecular weight is 356 g/mol. The SMILES string of the molecule is C=N[C@@]12CCCC[C@@H]1N(C(=O)OC(C)(C)C)[C@H](C(=O)c1ccccc1)C2. The van der Waals surface area contributed by atoms with E-state index in [9.17, 15) is 9.59 Å². The highest BCUT2D eigenvalue weighted by atomic mass is 16.6. The molecule has 3 atom stereocenters. The second-order valence-corrected chi connectivity index (χ2v) is 8.36. The Morgan fingerprint density at radius 3 is 2.54 bits per heavy atom. The number of benzene rings is 1. The second-order valence-electron chi connectivity index (χ2n) is 8.36. The van der Waals surface area contributed by atoms with Gasteiger partial charge < -0.3 is 4.74 Å². The predicted octanol–water partition coefficient (Wildman–Crippen LogP) is 4.26. The first-order valence-corrected chi connectivity index (χ1v) is 9.36. The molecule has 2 fully saturated rings. The average Bonchev–Trinajstić information content (AvgIpc) is 2.96. The van der Waals surface area contributed by atoms with Crippen LogP contribution < -0.4 is 0 Å². The van der Waals surface area contributed by atoms with Gasteiger partial charge in [0.05, 0.1) is 11.6 Å². The summed E-state index contributed by atoms with van der Waals surface area (Å²) < 4.78 is 5.65. The Hall–Kier alpha value is -2.17. The van der Waals surface area contributed by atoms with Crippen LogP contribution in [0, 0.1) is 0 Å². The van der Waals surface area contributed by atoms with Gasteiger partial charge in [0, 0.05) is 12.0 Å². The lowest BCUT2D eigenvalue weighted by atomic mass is 9.77. The van der Waals surface area contributed by atoms with Crippen molar-refractivity contribution in [2.75, 3.05) is 0 Å². The number of hydrogen-bond acceptors (Lipinski definition) is 4. The van der Waals surface area contributed by atoms with Gasteiger partial charge in [0.25, 0.3) is 0 Å². The van der Waals surface area contributed by atoms with E-state index < -0.39 is 23.3 Å². The predicted molar refractivity (Wildman–Crippen MR) is 102 cm³/mol. The minimum absolute atomic E-state index is 0.0473. The normalized spacial score (nSPS) is 28.3. The number of aliphatic imine (C=N–C) groups is 1. The Morgan fingerprint density at radius 1 is 1.23 bits per heavy atom. The summed E-state index contributed by atoms with van der Waals surface area (Å²) in [5.74, 6) is -0.0473. The molecule has 0 unspecified atom stereocenters. The fraction of sp³-hybridized carbons (Fsp3) is 0.571. The van der Waals surface area contributed by atoms with E-state index in [0.717, 1.165) is 25.7 Å². The molecule has 0 radical (unpaired) electrons. The lowest BCUT2D eigenvalue weighted by Crippen LogP contribution is -2.51. The molecule has 5 heteroatoms. The first-order chi connectivity index (χ1) is 12.3. The molecule has 1 saturated carbocycles. The van der Waals surface area contributed by atoms with Crippen LogP contribution in [0.15, 0.2) is 35.3 Å². The van der Waals surface area contributed by atoms with Gasteiger partial charge >= 0.3 is 6.09 Å². The minimum Gasteiger partial charge on any atom is -0.444 e. The molecule has 0 aromatic heterocycles. The molecule has 1 aliphatic carbocycles. The third-order valence-corrected chi connectivity index (χ3v) is 5.46. The molecule has 1 aliphatic heterocycles. The number of fused-ring (bicyclic) bond motifs is 1. The second kappa shape index (κ2) is 6.86. The molecule has 1 aromatic carbocycles. The van der Waals surface area contributed by atoms with Gasteiger partial charge in [-0.25, -0.2) is 4.79 Å². The van der Waals surface area contributed by atoms with E-state index in [0.29, 0.717) is 12.0 Å². The number of ether oxygens (including phenoxy) is 1. The van der Waals surface area contributed by atoms with Crippen LogP contribution in [0.5, 0.6) is 0 Å². The zero-order valence-corrected chi connectivity index (χ0v) is 15.9. The van der Waals surface area contributed by atoms with E-state index >= 15 is 0 Å². The van der Waals surface area contributed by atoms with E-state index in [1.807, 2.05) is 39.0 Å². The number of rotatable bonds is 3. The number of likely N-dealkylation sites (tertiary alicyclic amines) is 1. The molecule has 0 spiro atoms. The first-order valence-electron chi connectivity index (χ1n) is 9.36. The Balaban J connectivity index is 1.98. The van der Waals surface area contributed by atoms with Gasteiger partial charge in [-0.1, -0.05) is 43.2 Å². The number of nitrogens with zero attached hydrogens (tertiary/aromatic N) is 2. The topological polar surface area (TPSA) is 59.0 Å². The van der Waals surface area contributed by atoms with Crippen LogP contribution in [-0.2, 0) is 4.74 Å². The quantitative estimate of drug-likeness (QED) is 0.600. The van der Waals surface area contributed by atoms with Crippen molar-refractivity contribution in [1.82, 2.24) is 4.90 Å². The molecule has 1 saturated heterocycles. The number of ketones is 1. The summed E-state index contributed by atoms with van der Waals surface area (Å²) in [7, 11) is 0. The highest BCUT2D eigenvalue weighted by Gasteiger charge is 2.57. The molecule has 3 rings (SSSR count). The lowest BCUT2D eigenvalue weighted by Gasteiger charge is -2.39. The van der Waals surface area contributed by atoms with Crippen LogP contribution in [0.2, 0.25) is 0 Å². The maximum Gasteiger partial charge on any atom is 0.411 e. The maximum atomic E-state index is 13.2. The first kappa shape index (κ1) is 18.6. The van der Waals surface area contributed by atoms with Crippen LogP contribution in [0.3, 0.4) is 0 Å². The van der Waals surface area contributed by atoms with E-state index in [-0.39, 0.29) is 11.8 Å². The fourth-order valence-electron chi connectivity index (χ4n) is 4.32. The highest BCUT2D eigenvalue weighted by Crippen LogP contribution is 2.46. The Kier molecular flexibility index (Phi) is 4.91. The zero-order chi connectivity index (χ0) is 18.9. The van der Waals surface area contributed by atoms with E-state index in [2.05, 4.69) is 11.7 Å². The summed E-state index contributed by atoms with van der Waals surface area (Å²) in [5.41, 5.74) is -0.438. The lowest BCUT2D eigenvalue weighted by molar-refractivity contribution is 0.00953. The Morgan fingerprint density at radius 2 is 1.92 bits per heavy atom. The summed E-state index contributed by atoms with van der Waals surface area (Å²) in [6.45, 7) is 9.34. The molecular formula is C21H28N2O3. The van der Waals surface area contributed by atoms with Gasteiger partial charge in [0.1, 0.15) is 11.6 Å². The number of Topliss-reactive ketones (excluding diaryl/α,β-unsaturated/α-hetero) is 1. The highest BCUT2D eigenvalue weighted by molar-refractivity contribution is 6.02. The Bertz CT molecular complexity index is 695. The van der Waals surface area contributed by atoms with Crippen molar-refractivity contribution in [3.63, 3.8) is 0 Å². The van der Waals surface area contributed by atoms with Crippen LogP contribution in [0.1, 0.15) is 63.2 Å². The molecule has 1 amide bonds. The van der Waals surface area contributed by atoms with E-state index in [4.69, 9.17) is 4.74 Å². The summed E-state index contributed by atoms with van der Waals surface area (Å²) in [5, 5.41) is 0. The summed E-state index contributed by atoms with van der Waals surface area (Å²) in [4.78, 5) is 32.3. The standard InChI is InChI=1S/C21H28N2O3/c1-20(2,3)26-19(25)23-16(18(24)15-10-6-5-7-11-15)14-21(22-4)13-9-8-12-17(21)23/h5-7,10-11,16-17H,4,8-9,12-14H2,1-3H3/t16-,17-,21+/m0/s1. The molecule has 140 valence electrons. The maximum absolute atomic E-state index is 13.2. The van der Waals surface area contributed by atoms with Gasteiger partial charge in [0.15, 0.2) is 5.78 Å².